The van der Waals surface area contributed by atoms with Crippen LogP contribution in [0.3, 0.4) is 0 Å². The lowest BCUT2D eigenvalue weighted by Gasteiger charge is -2.34. The number of carbonyl (C=O) groups is 1. The number of fused-ring (bicyclic) bond motifs is 2. The predicted molar refractivity (Wildman–Crippen MR) is 67.1 cm³/mol. The summed E-state index contributed by atoms with van der Waals surface area (Å²) in [5.41, 5.74) is 1.26. The molecule has 0 aromatic carbocycles. The van der Waals surface area contributed by atoms with E-state index in [2.05, 4.69) is 18.7 Å². The van der Waals surface area contributed by atoms with Gasteiger partial charge in [-0.2, -0.15) is 0 Å². The first-order valence-corrected chi connectivity index (χ1v) is 6.65. The molecule has 0 N–H and O–H groups in total. The van der Waals surface area contributed by atoms with E-state index in [0.29, 0.717) is 18.6 Å². The van der Waals surface area contributed by atoms with Crippen molar-refractivity contribution in [1.82, 2.24) is 0 Å². The average molecular weight is 260 g/mol. The minimum Gasteiger partial charge on any atom is -0.458 e. The van der Waals surface area contributed by atoms with Gasteiger partial charge in [0.25, 0.3) is 0 Å². The fraction of sp³-hybridized carbons (Fsp3) is 0.533. The van der Waals surface area contributed by atoms with Crippen LogP contribution in [0.1, 0.15) is 19.8 Å². The molecule has 0 saturated carbocycles. The Morgan fingerprint density at radius 1 is 1.47 bits per heavy atom. The van der Waals surface area contributed by atoms with Gasteiger partial charge in [-0.3, -0.25) is 0 Å². The van der Waals surface area contributed by atoms with E-state index in [4.69, 9.17) is 14.2 Å². The fourth-order valence-electron chi connectivity index (χ4n) is 3.52. The summed E-state index contributed by atoms with van der Waals surface area (Å²) in [4.78, 5) is 11.7. The molecule has 100 valence electrons. The molecule has 1 spiro atoms. The van der Waals surface area contributed by atoms with Crippen molar-refractivity contribution in [3.63, 3.8) is 0 Å². The molecule has 3 heterocycles. The molecule has 4 nitrogen and oxygen atoms in total. The molecule has 1 aliphatic carbocycles. The van der Waals surface area contributed by atoms with Crippen LogP contribution in [0.4, 0.5) is 0 Å². The van der Waals surface area contributed by atoms with Crippen LogP contribution < -0.4 is 0 Å². The molecule has 2 fully saturated rings. The van der Waals surface area contributed by atoms with Crippen molar-refractivity contribution < 1.29 is 19.0 Å². The third kappa shape index (κ3) is 1.44. The van der Waals surface area contributed by atoms with E-state index in [1.807, 2.05) is 13.0 Å². The van der Waals surface area contributed by atoms with Crippen molar-refractivity contribution >= 4 is 5.97 Å². The Morgan fingerprint density at radius 2 is 2.32 bits per heavy atom. The quantitative estimate of drug-likeness (QED) is 0.493. The van der Waals surface area contributed by atoms with Crippen LogP contribution in [0.15, 0.2) is 36.0 Å². The summed E-state index contributed by atoms with van der Waals surface area (Å²) in [5.74, 6) is -0.836. The molecule has 0 aromatic rings. The second-order valence-electron chi connectivity index (χ2n) is 5.91. The van der Waals surface area contributed by atoms with Crippen LogP contribution in [-0.2, 0) is 19.0 Å². The van der Waals surface area contributed by atoms with Gasteiger partial charge in [0.2, 0.25) is 0 Å². The smallest absolute Gasteiger partial charge is 0.334 e. The first kappa shape index (κ1) is 11.4. The Labute approximate surface area is 111 Å². The highest BCUT2D eigenvalue weighted by molar-refractivity contribution is 5.90. The summed E-state index contributed by atoms with van der Waals surface area (Å²) in [6.07, 6.45) is 7.45. The first-order chi connectivity index (χ1) is 9.01. The summed E-state index contributed by atoms with van der Waals surface area (Å²) >= 11 is 0. The molecule has 4 atom stereocenters. The Balaban J connectivity index is 1.75. The minimum atomic E-state index is -0.642. The number of rotatable bonds is 0. The Kier molecular flexibility index (Phi) is 2.03. The molecule has 4 rings (SSSR count). The molecule has 2 bridgehead atoms. The van der Waals surface area contributed by atoms with Gasteiger partial charge in [0.15, 0.2) is 5.79 Å². The van der Waals surface area contributed by atoms with Crippen LogP contribution in [0.25, 0.3) is 0 Å². The molecular weight excluding hydrogens is 244 g/mol. The lowest BCUT2D eigenvalue weighted by atomic mass is 9.86. The van der Waals surface area contributed by atoms with E-state index in [1.165, 1.54) is 0 Å². The van der Waals surface area contributed by atoms with Crippen LogP contribution in [0.5, 0.6) is 0 Å². The van der Waals surface area contributed by atoms with Gasteiger partial charge in [0, 0.05) is 17.9 Å². The molecule has 0 radical (unpaired) electrons. The lowest BCUT2D eigenvalue weighted by Crippen LogP contribution is -2.41. The Hall–Kier alpha value is -1.39. The monoisotopic (exact) mass is 260 g/mol. The van der Waals surface area contributed by atoms with Gasteiger partial charge < -0.3 is 14.2 Å². The average Bonchev–Trinajstić information content (AvgIpc) is 2.71. The molecule has 19 heavy (non-hydrogen) atoms. The number of hydrogen-bond donors (Lipinski definition) is 0. The molecule has 0 aromatic heterocycles. The van der Waals surface area contributed by atoms with E-state index in [9.17, 15) is 4.79 Å². The van der Waals surface area contributed by atoms with Gasteiger partial charge in [-0.25, -0.2) is 4.79 Å². The molecule has 4 aliphatic rings. The van der Waals surface area contributed by atoms with Crippen molar-refractivity contribution in [3.05, 3.63) is 36.0 Å². The SMILES string of the molecule is C=C1C(=O)O[C@@H]2C[C@]34CO[C@](C)(C=CC3=CC[C@H]12)O4. The van der Waals surface area contributed by atoms with Gasteiger partial charge in [0.1, 0.15) is 11.7 Å². The maximum Gasteiger partial charge on any atom is 0.334 e. The van der Waals surface area contributed by atoms with Crippen molar-refractivity contribution in [2.45, 2.75) is 37.3 Å². The van der Waals surface area contributed by atoms with Crippen LogP contribution >= 0.6 is 0 Å². The van der Waals surface area contributed by atoms with Crippen molar-refractivity contribution in [2.24, 2.45) is 5.92 Å². The highest BCUT2D eigenvalue weighted by Gasteiger charge is 2.55. The van der Waals surface area contributed by atoms with E-state index >= 15 is 0 Å². The van der Waals surface area contributed by atoms with E-state index in [0.717, 1.165) is 12.0 Å². The maximum atomic E-state index is 11.7. The van der Waals surface area contributed by atoms with Crippen LogP contribution in [0, 0.1) is 5.92 Å². The second-order valence-corrected chi connectivity index (χ2v) is 5.91. The number of hydrogen-bond acceptors (Lipinski definition) is 4. The van der Waals surface area contributed by atoms with E-state index in [1.54, 1.807) is 0 Å². The Bertz CT molecular complexity index is 546. The van der Waals surface area contributed by atoms with Gasteiger partial charge in [-0.15, -0.1) is 0 Å². The molecule has 4 heteroatoms. The number of ether oxygens (including phenoxy) is 3. The van der Waals surface area contributed by atoms with Gasteiger partial charge in [0.05, 0.1) is 6.61 Å². The predicted octanol–water partition coefficient (Wildman–Crippen LogP) is 1.88. The lowest BCUT2D eigenvalue weighted by molar-refractivity contribution is -0.149. The summed E-state index contributed by atoms with van der Waals surface area (Å²) in [6, 6.07) is 0. The van der Waals surface area contributed by atoms with Crippen LogP contribution in [0.2, 0.25) is 0 Å². The summed E-state index contributed by atoms with van der Waals surface area (Å²) in [7, 11) is 0. The molecule has 2 saturated heterocycles. The second kappa shape index (κ2) is 3.38. The number of carbonyl (C=O) groups excluding carboxylic acids is 1. The van der Waals surface area contributed by atoms with Gasteiger partial charge in [-0.05, 0) is 25.0 Å². The highest BCUT2D eigenvalue weighted by Crippen LogP contribution is 2.49. The first-order valence-electron chi connectivity index (χ1n) is 6.65. The molecular formula is C15H16O4. The zero-order chi connectivity index (χ0) is 13.3. The number of allylic oxidation sites excluding steroid dienone is 1. The largest absolute Gasteiger partial charge is 0.458 e. The van der Waals surface area contributed by atoms with Crippen LogP contribution in [-0.4, -0.2) is 30.1 Å². The standard InChI is InChI=1S/C15H16O4/c1-9-11-4-3-10-5-6-14(2)17-8-15(10,19-14)7-12(11)18-13(9)16/h3,5-6,11-12H,1,4,7-8H2,2H3/t11-,12-,14+,15+/m1/s1. The summed E-state index contributed by atoms with van der Waals surface area (Å²) < 4.78 is 17.4. The fourth-order valence-corrected chi connectivity index (χ4v) is 3.52. The molecule has 0 amide bonds. The van der Waals surface area contributed by atoms with Crippen molar-refractivity contribution in [2.75, 3.05) is 6.61 Å². The van der Waals surface area contributed by atoms with E-state index < -0.39 is 11.4 Å². The van der Waals surface area contributed by atoms with Crippen molar-refractivity contribution in [1.29, 1.82) is 0 Å². The van der Waals surface area contributed by atoms with Gasteiger partial charge >= 0.3 is 5.97 Å². The topological polar surface area (TPSA) is 44.8 Å². The zero-order valence-corrected chi connectivity index (χ0v) is 10.8. The number of esters is 1. The normalized spacial score (nSPS) is 47.3. The summed E-state index contributed by atoms with van der Waals surface area (Å²) in [5, 5.41) is 0. The molecule has 3 aliphatic heterocycles. The minimum absolute atomic E-state index is 0.0730. The third-order valence-electron chi connectivity index (χ3n) is 4.62. The zero-order valence-electron chi connectivity index (χ0n) is 10.8. The van der Waals surface area contributed by atoms with Gasteiger partial charge in [-0.1, -0.05) is 18.7 Å². The maximum absolute atomic E-state index is 11.7. The molecule has 0 unspecified atom stereocenters. The summed E-state index contributed by atoms with van der Waals surface area (Å²) in [6.45, 7) is 6.28. The Morgan fingerprint density at radius 3 is 3.16 bits per heavy atom. The van der Waals surface area contributed by atoms with Crippen molar-refractivity contribution in [3.8, 4) is 0 Å². The third-order valence-corrected chi connectivity index (χ3v) is 4.62. The van der Waals surface area contributed by atoms with E-state index in [-0.39, 0.29) is 18.0 Å². The highest BCUT2D eigenvalue weighted by atomic mass is 16.8.